The van der Waals surface area contributed by atoms with E-state index in [9.17, 15) is 10.0 Å². The summed E-state index contributed by atoms with van der Waals surface area (Å²) >= 11 is 0. The van der Waals surface area contributed by atoms with E-state index in [4.69, 9.17) is 4.74 Å². The number of nitrogens with zero attached hydrogens (tertiary/aromatic N) is 1. The fraction of sp³-hybridized carbons (Fsp3) is 0.269. The topological polar surface area (TPSA) is 61.8 Å². The zero-order chi connectivity index (χ0) is 21.7. The van der Waals surface area contributed by atoms with Crippen LogP contribution in [0.5, 0.6) is 0 Å². The van der Waals surface area contributed by atoms with Gasteiger partial charge in [-0.25, -0.2) is 5.06 Å². The van der Waals surface area contributed by atoms with Crippen LogP contribution in [0.15, 0.2) is 78.9 Å². The van der Waals surface area contributed by atoms with Crippen LogP contribution in [0, 0.1) is 5.41 Å². The molecule has 0 radical (unpaired) electrons. The molecule has 1 amide bonds. The van der Waals surface area contributed by atoms with Crippen molar-refractivity contribution in [3.05, 3.63) is 84.4 Å². The zero-order valence-corrected chi connectivity index (χ0v) is 17.8. The van der Waals surface area contributed by atoms with Crippen molar-refractivity contribution in [2.75, 3.05) is 18.5 Å². The van der Waals surface area contributed by atoms with Gasteiger partial charge in [-0.1, -0.05) is 61.5 Å². The molecule has 5 heteroatoms. The van der Waals surface area contributed by atoms with Crippen LogP contribution in [0.4, 0.5) is 11.4 Å². The summed E-state index contributed by atoms with van der Waals surface area (Å²) in [5.41, 5.74) is 4.63. The summed E-state index contributed by atoms with van der Waals surface area (Å²) in [6.07, 6.45) is 1.27. The molecule has 2 N–H and O–H groups in total. The Labute approximate surface area is 183 Å². The highest BCUT2D eigenvalue weighted by molar-refractivity contribution is 5.81. The fourth-order valence-corrected chi connectivity index (χ4v) is 3.83. The molecule has 0 saturated carbocycles. The van der Waals surface area contributed by atoms with Gasteiger partial charge in [0.1, 0.15) is 0 Å². The number of hydrogen-bond acceptors (Lipinski definition) is 4. The Morgan fingerprint density at radius 2 is 1.45 bits per heavy atom. The average molecular weight is 417 g/mol. The maximum atomic E-state index is 12.7. The third kappa shape index (κ3) is 5.13. The van der Waals surface area contributed by atoms with E-state index < -0.39 is 5.41 Å². The standard InChI is InChI=1S/C26H28N2O3/c1-26(15-17-31-18-16-26)25(29)28(30)19-20-7-11-23(12-8-20)27-24-13-9-22(10-14-24)21-5-3-2-4-6-21/h2-14,27,30H,15-19H2,1H3. The fourth-order valence-electron chi connectivity index (χ4n) is 3.83. The van der Waals surface area contributed by atoms with Crippen molar-refractivity contribution in [1.29, 1.82) is 0 Å². The molecule has 1 fully saturated rings. The van der Waals surface area contributed by atoms with Gasteiger partial charge in [-0.05, 0) is 53.8 Å². The first-order valence-corrected chi connectivity index (χ1v) is 10.6. The van der Waals surface area contributed by atoms with Gasteiger partial charge in [-0.15, -0.1) is 0 Å². The third-order valence-corrected chi connectivity index (χ3v) is 5.91. The molecular formula is C26H28N2O3. The number of carbonyl (C=O) groups is 1. The number of benzene rings is 3. The van der Waals surface area contributed by atoms with Gasteiger partial charge in [0.2, 0.25) is 0 Å². The number of rotatable bonds is 6. The molecule has 1 aliphatic heterocycles. The molecule has 0 aromatic heterocycles. The lowest BCUT2D eigenvalue weighted by atomic mass is 9.81. The number of amides is 1. The van der Waals surface area contributed by atoms with Gasteiger partial charge >= 0.3 is 0 Å². The second kappa shape index (κ2) is 9.33. The average Bonchev–Trinajstić information content (AvgIpc) is 2.81. The van der Waals surface area contributed by atoms with Crippen LogP contribution in [-0.2, 0) is 16.1 Å². The molecule has 3 aromatic rings. The van der Waals surface area contributed by atoms with Crippen LogP contribution >= 0.6 is 0 Å². The highest BCUT2D eigenvalue weighted by Crippen LogP contribution is 2.32. The lowest BCUT2D eigenvalue weighted by Gasteiger charge is -2.34. The quantitative estimate of drug-likeness (QED) is 0.404. The first-order chi connectivity index (χ1) is 15.0. The Morgan fingerprint density at radius 3 is 2.06 bits per heavy atom. The minimum Gasteiger partial charge on any atom is -0.381 e. The monoisotopic (exact) mass is 416 g/mol. The molecule has 0 aliphatic carbocycles. The van der Waals surface area contributed by atoms with Crippen LogP contribution in [0.3, 0.4) is 0 Å². The SMILES string of the molecule is CC1(C(=O)N(O)Cc2ccc(Nc3ccc(-c4ccccc4)cc3)cc2)CCOCC1. The smallest absolute Gasteiger partial charge is 0.252 e. The molecule has 3 aromatic carbocycles. The predicted octanol–water partition coefficient (Wildman–Crippen LogP) is 5.63. The zero-order valence-electron chi connectivity index (χ0n) is 17.8. The molecule has 0 spiro atoms. The molecular weight excluding hydrogens is 388 g/mol. The summed E-state index contributed by atoms with van der Waals surface area (Å²) in [6, 6.07) is 26.3. The van der Waals surface area contributed by atoms with E-state index in [-0.39, 0.29) is 12.5 Å². The summed E-state index contributed by atoms with van der Waals surface area (Å²) in [6.45, 7) is 3.18. The predicted molar refractivity (Wildman–Crippen MR) is 122 cm³/mol. The van der Waals surface area contributed by atoms with Crippen molar-refractivity contribution in [2.45, 2.75) is 26.3 Å². The first-order valence-electron chi connectivity index (χ1n) is 10.6. The van der Waals surface area contributed by atoms with Gasteiger partial charge in [0.15, 0.2) is 0 Å². The second-order valence-electron chi connectivity index (χ2n) is 8.30. The molecule has 5 nitrogen and oxygen atoms in total. The molecule has 1 aliphatic rings. The first kappa shape index (κ1) is 21.1. The second-order valence-corrected chi connectivity index (χ2v) is 8.30. The Hall–Kier alpha value is -3.15. The van der Waals surface area contributed by atoms with E-state index in [2.05, 4.69) is 41.7 Å². The van der Waals surface area contributed by atoms with Crippen LogP contribution in [0.2, 0.25) is 0 Å². The largest absolute Gasteiger partial charge is 0.381 e. The maximum absolute atomic E-state index is 12.7. The molecule has 4 rings (SSSR count). The Kier molecular flexibility index (Phi) is 6.35. The third-order valence-electron chi connectivity index (χ3n) is 5.91. The van der Waals surface area contributed by atoms with Gasteiger partial charge < -0.3 is 10.1 Å². The molecule has 31 heavy (non-hydrogen) atoms. The number of anilines is 2. The van der Waals surface area contributed by atoms with E-state index >= 15 is 0 Å². The van der Waals surface area contributed by atoms with Gasteiger partial charge in [-0.2, -0.15) is 0 Å². The summed E-state index contributed by atoms with van der Waals surface area (Å²) in [5, 5.41) is 14.6. The number of nitrogens with one attached hydrogen (secondary N) is 1. The number of hydroxylamine groups is 2. The van der Waals surface area contributed by atoms with Crippen molar-refractivity contribution in [1.82, 2.24) is 5.06 Å². The Balaban J connectivity index is 1.35. The van der Waals surface area contributed by atoms with Gasteiger partial charge in [-0.3, -0.25) is 10.0 Å². The van der Waals surface area contributed by atoms with Crippen LogP contribution in [0.25, 0.3) is 11.1 Å². The van der Waals surface area contributed by atoms with Crippen molar-refractivity contribution in [3.63, 3.8) is 0 Å². The maximum Gasteiger partial charge on any atom is 0.252 e. The normalized spacial score (nSPS) is 15.3. The van der Waals surface area contributed by atoms with Gasteiger partial charge in [0.05, 0.1) is 12.0 Å². The highest BCUT2D eigenvalue weighted by Gasteiger charge is 2.38. The Morgan fingerprint density at radius 1 is 0.903 bits per heavy atom. The van der Waals surface area contributed by atoms with Gasteiger partial charge in [0, 0.05) is 24.6 Å². The minimum atomic E-state index is -0.555. The molecule has 0 bridgehead atoms. The van der Waals surface area contributed by atoms with E-state index in [0.29, 0.717) is 26.1 Å². The van der Waals surface area contributed by atoms with Crippen molar-refractivity contribution in [2.24, 2.45) is 5.41 Å². The summed E-state index contributed by atoms with van der Waals surface area (Å²) in [4.78, 5) is 12.7. The molecule has 0 unspecified atom stereocenters. The van der Waals surface area contributed by atoms with Crippen molar-refractivity contribution in [3.8, 4) is 11.1 Å². The molecule has 1 saturated heterocycles. The van der Waals surface area contributed by atoms with Crippen LogP contribution in [-0.4, -0.2) is 29.4 Å². The summed E-state index contributed by atoms with van der Waals surface area (Å²) in [7, 11) is 0. The Bertz CT molecular complexity index is 995. The lowest BCUT2D eigenvalue weighted by Crippen LogP contribution is -2.43. The van der Waals surface area contributed by atoms with Crippen molar-refractivity contribution >= 4 is 17.3 Å². The van der Waals surface area contributed by atoms with Gasteiger partial charge in [0.25, 0.3) is 5.91 Å². The lowest BCUT2D eigenvalue weighted by molar-refractivity contribution is -0.183. The number of ether oxygens (including phenoxy) is 1. The van der Waals surface area contributed by atoms with Crippen molar-refractivity contribution < 1.29 is 14.7 Å². The highest BCUT2D eigenvalue weighted by atomic mass is 16.5. The summed E-state index contributed by atoms with van der Waals surface area (Å²) < 4.78 is 5.34. The minimum absolute atomic E-state index is 0.168. The van der Waals surface area contributed by atoms with Crippen LogP contribution in [0.1, 0.15) is 25.3 Å². The molecule has 1 heterocycles. The van der Waals surface area contributed by atoms with E-state index in [1.165, 1.54) is 11.1 Å². The van der Waals surface area contributed by atoms with E-state index in [1.54, 1.807) is 0 Å². The number of carbonyl (C=O) groups excluding carboxylic acids is 1. The molecule has 160 valence electrons. The van der Waals surface area contributed by atoms with E-state index in [0.717, 1.165) is 22.0 Å². The number of hydrogen-bond donors (Lipinski definition) is 2. The summed E-state index contributed by atoms with van der Waals surface area (Å²) in [5.74, 6) is -0.239. The van der Waals surface area contributed by atoms with Crippen LogP contribution < -0.4 is 5.32 Å². The van der Waals surface area contributed by atoms with E-state index in [1.807, 2.05) is 49.4 Å². The molecule has 0 atom stereocenters.